The molecule has 2 aromatic carbocycles. The Hall–Kier alpha value is -1.68. The largest absolute Gasteiger partial charge is 0.376 e. The van der Waals surface area contributed by atoms with Gasteiger partial charge in [0.2, 0.25) is 15.9 Å². The van der Waals surface area contributed by atoms with Gasteiger partial charge in [0, 0.05) is 26.2 Å². The highest BCUT2D eigenvalue weighted by molar-refractivity contribution is 7.89. The number of hydrogen-bond donors (Lipinski definition) is 1. The lowest BCUT2D eigenvalue weighted by atomic mass is 9.96. The van der Waals surface area contributed by atoms with Crippen LogP contribution in [-0.4, -0.2) is 67.6 Å². The summed E-state index contributed by atoms with van der Waals surface area (Å²) in [4.78, 5) is 15.5. The molecule has 0 saturated carbocycles. The molecule has 1 N–H and O–H groups in total. The second-order valence-corrected chi connectivity index (χ2v) is 12.1. The molecule has 2 atom stereocenters. The maximum Gasteiger partial charge on any atom is 0.244 e. The Morgan fingerprint density at radius 3 is 2.49 bits per heavy atom. The first-order valence-electron chi connectivity index (χ1n) is 12.0. The first kappa shape index (κ1) is 25.0. The number of amides is 1. The lowest BCUT2D eigenvalue weighted by Crippen LogP contribution is -2.60. The molecule has 3 saturated heterocycles. The van der Waals surface area contributed by atoms with E-state index in [1.54, 1.807) is 12.1 Å². The average Bonchev–Trinajstić information content (AvgIpc) is 3.45. The van der Waals surface area contributed by atoms with Crippen molar-refractivity contribution >= 4 is 39.1 Å². The summed E-state index contributed by atoms with van der Waals surface area (Å²) in [6.07, 6.45) is 3.48. The molecule has 1 spiro atoms. The number of piperidine rings is 1. The number of carbonyl (C=O) groups is 1. The number of nitrogens with zero attached hydrogens (tertiary/aromatic N) is 2. The van der Waals surface area contributed by atoms with Gasteiger partial charge in [-0.3, -0.25) is 10.1 Å². The Labute approximate surface area is 216 Å². The monoisotopic (exact) mass is 537 g/mol. The third kappa shape index (κ3) is 4.84. The molecule has 2 aromatic rings. The quantitative estimate of drug-likeness (QED) is 0.607. The molecule has 0 unspecified atom stereocenters. The Kier molecular flexibility index (Phi) is 7.14. The second-order valence-electron chi connectivity index (χ2n) is 9.46. The van der Waals surface area contributed by atoms with Gasteiger partial charge in [0.1, 0.15) is 4.90 Å². The molecule has 188 valence electrons. The van der Waals surface area contributed by atoms with Crippen molar-refractivity contribution in [3.05, 3.63) is 64.1 Å². The predicted molar refractivity (Wildman–Crippen MR) is 135 cm³/mol. The number of hydrogen-bond acceptors (Lipinski definition) is 5. The topological polar surface area (TPSA) is 79.0 Å². The molecule has 0 aliphatic carbocycles. The fraction of sp³-hybridized carbons (Fsp3) is 0.480. The molecule has 3 heterocycles. The van der Waals surface area contributed by atoms with Gasteiger partial charge in [-0.05, 0) is 49.8 Å². The van der Waals surface area contributed by atoms with Crippen molar-refractivity contribution in [2.45, 2.75) is 54.8 Å². The van der Waals surface area contributed by atoms with E-state index in [-0.39, 0.29) is 46.1 Å². The van der Waals surface area contributed by atoms with Gasteiger partial charge >= 0.3 is 0 Å². The number of nitrogens with one attached hydrogen (secondary N) is 1. The van der Waals surface area contributed by atoms with Crippen molar-refractivity contribution in [3.8, 4) is 0 Å². The third-order valence-electron chi connectivity index (χ3n) is 7.30. The summed E-state index contributed by atoms with van der Waals surface area (Å²) >= 11 is 12.3. The molecule has 0 aromatic heterocycles. The molecule has 3 fully saturated rings. The minimum atomic E-state index is -3.82. The third-order valence-corrected chi connectivity index (χ3v) is 10.2. The molecule has 5 rings (SSSR count). The molecule has 10 heteroatoms. The minimum absolute atomic E-state index is 0.0104. The van der Waals surface area contributed by atoms with Crippen LogP contribution in [-0.2, 0) is 26.0 Å². The Balaban J connectivity index is 1.37. The van der Waals surface area contributed by atoms with Gasteiger partial charge in [-0.25, -0.2) is 8.42 Å². The van der Waals surface area contributed by atoms with Crippen LogP contribution in [0, 0.1) is 0 Å². The van der Waals surface area contributed by atoms with E-state index in [4.69, 9.17) is 27.9 Å². The van der Waals surface area contributed by atoms with Crippen LogP contribution in [0.15, 0.2) is 53.4 Å². The maximum absolute atomic E-state index is 13.6. The fourth-order valence-electron chi connectivity index (χ4n) is 5.44. The molecule has 1 amide bonds. The van der Waals surface area contributed by atoms with Gasteiger partial charge in [0.15, 0.2) is 0 Å². The van der Waals surface area contributed by atoms with E-state index in [0.29, 0.717) is 32.4 Å². The number of halogens is 2. The van der Waals surface area contributed by atoms with Crippen LogP contribution in [0.5, 0.6) is 0 Å². The normalized spacial score (nSPS) is 25.0. The Morgan fingerprint density at radius 2 is 1.80 bits per heavy atom. The van der Waals surface area contributed by atoms with Crippen molar-refractivity contribution in [1.29, 1.82) is 0 Å². The van der Waals surface area contributed by atoms with Crippen LogP contribution in [0.4, 0.5) is 0 Å². The van der Waals surface area contributed by atoms with E-state index in [9.17, 15) is 13.2 Å². The molecular formula is C25H29Cl2N3O4S. The lowest BCUT2D eigenvalue weighted by molar-refractivity contribution is -0.135. The van der Waals surface area contributed by atoms with E-state index < -0.39 is 15.7 Å². The van der Waals surface area contributed by atoms with Crippen molar-refractivity contribution in [2.24, 2.45) is 0 Å². The van der Waals surface area contributed by atoms with Gasteiger partial charge in [0.05, 0.1) is 27.9 Å². The fourth-order valence-corrected chi connectivity index (χ4v) is 7.62. The van der Waals surface area contributed by atoms with Crippen molar-refractivity contribution in [3.63, 3.8) is 0 Å². The first-order chi connectivity index (χ1) is 16.8. The second kappa shape index (κ2) is 10.00. The van der Waals surface area contributed by atoms with Crippen LogP contribution < -0.4 is 5.32 Å². The Morgan fingerprint density at radius 1 is 1.06 bits per heavy atom. The summed E-state index contributed by atoms with van der Waals surface area (Å²) < 4.78 is 34.0. The smallest absolute Gasteiger partial charge is 0.244 e. The minimum Gasteiger partial charge on any atom is -0.376 e. The maximum atomic E-state index is 13.6. The van der Waals surface area contributed by atoms with Crippen LogP contribution >= 0.6 is 23.2 Å². The Bertz CT molecular complexity index is 1180. The SMILES string of the molecule is O=C1[C@H](Cc2ccccc2)NC2(CCN(S(=O)(=O)c3cccc(Cl)c3Cl)CC2)N1C[C@H]1CCCO1. The average molecular weight is 538 g/mol. The van der Waals surface area contributed by atoms with E-state index in [1.165, 1.54) is 10.4 Å². The number of benzene rings is 2. The van der Waals surface area contributed by atoms with E-state index in [2.05, 4.69) is 5.32 Å². The van der Waals surface area contributed by atoms with Crippen molar-refractivity contribution in [2.75, 3.05) is 26.2 Å². The highest BCUT2D eigenvalue weighted by atomic mass is 35.5. The molecule has 35 heavy (non-hydrogen) atoms. The lowest BCUT2D eigenvalue weighted by Gasteiger charge is -2.44. The van der Waals surface area contributed by atoms with Crippen molar-refractivity contribution in [1.82, 2.24) is 14.5 Å². The summed E-state index contributed by atoms with van der Waals surface area (Å²) in [5.74, 6) is 0.0542. The number of ether oxygens (including phenoxy) is 1. The molecule has 0 radical (unpaired) electrons. The van der Waals surface area contributed by atoms with Crippen LogP contribution in [0.2, 0.25) is 10.0 Å². The van der Waals surface area contributed by atoms with Crippen molar-refractivity contribution < 1.29 is 17.9 Å². The van der Waals surface area contributed by atoms with Gasteiger partial charge < -0.3 is 9.64 Å². The van der Waals surface area contributed by atoms with Gasteiger partial charge in [-0.2, -0.15) is 4.31 Å². The number of rotatable bonds is 6. The molecule has 0 bridgehead atoms. The number of sulfonamides is 1. The standard InChI is InChI=1S/C25H29Cl2N3O4S/c26-20-9-4-10-22(23(20)27)35(32,33)29-13-11-25(12-14-29)28-21(16-18-6-2-1-3-7-18)24(31)30(25)17-19-8-5-15-34-19/h1-4,6-7,9-10,19,21,28H,5,8,11-17H2/t19-,21+/m1/s1. The van der Waals surface area contributed by atoms with Gasteiger partial charge in [0.25, 0.3) is 0 Å². The molecule has 7 nitrogen and oxygen atoms in total. The zero-order valence-electron chi connectivity index (χ0n) is 19.3. The highest BCUT2D eigenvalue weighted by Crippen LogP contribution is 2.37. The summed E-state index contributed by atoms with van der Waals surface area (Å²) in [6.45, 7) is 1.77. The molecule has 3 aliphatic heterocycles. The van der Waals surface area contributed by atoms with Gasteiger partial charge in [-0.1, -0.05) is 59.6 Å². The van der Waals surface area contributed by atoms with Crippen LogP contribution in [0.1, 0.15) is 31.2 Å². The van der Waals surface area contributed by atoms with Gasteiger partial charge in [-0.15, -0.1) is 0 Å². The zero-order chi connectivity index (χ0) is 24.6. The summed E-state index contributed by atoms with van der Waals surface area (Å²) in [5.41, 5.74) is 0.482. The first-order valence-corrected chi connectivity index (χ1v) is 14.2. The number of carbonyl (C=O) groups excluding carboxylic acids is 1. The van der Waals surface area contributed by atoms with Crippen LogP contribution in [0.25, 0.3) is 0 Å². The van der Waals surface area contributed by atoms with Crippen LogP contribution in [0.3, 0.4) is 0 Å². The predicted octanol–water partition coefficient (Wildman–Crippen LogP) is 3.70. The summed E-state index contributed by atoms with van der Waals surface area (Å²) in [5, 5.41) is 3.85. The van der Waals surface area contributed by atoms with E-state index in [0.717, 1.165) is 18.4 Å². The highest BCUT2D eigenvalue weighted by Gasteiger charge is 2.53. The molecular weight excluding hydrogens is 509 g/mol. The van der Waals surface area contributed by atoms with E-state index in [1.807, 2.05) is 35.2 Å². The summed E-state index contributed by atoms with van der Waals surface area (Å²) in [6, 6.07) is 14.2. The summed E-state index contributed by atoms with van der Waals surface area (Å²) in [7, 11) is -3.82. The zero-order valence-corrected chi connectivity index (χ0v) is 21.7. The van der Waals surface area contributed by atoms with E-state index >= 15 is 0 Å². The molecule has 3 aliphatic rings.